The standard InChI is InChI=1S/C10H11N3O2S/c14-10(15)7-1-9(16-5-7)4-11-2-8-3-12-6-13-8/h1,3,5-6,11H,2,4H2,(H,12,13)(H,14,15). The van der Waals surface area contributed by atoms with E-state index in [-0.39, 0.29) is 0 Å². The summed E-state index contributed by atoms with van der Waals surface area (Å²) in [5.41, 5.74) is 1.36. The molecule has 2 rings (SSSR count). The zero-order valence-electron chi connectivity index (χ0n) is 8.43. The number of rotatable bonds is 5. The summed E-state index contributed by atoms with van der Waals surface area (Å²) in [5, 5.41) is 13.6. The highest BCUT2D eigenvalue weighted by molar-refractivity contribution is 7.10. The summed E-state index contributed by atoms with van der Waals surface area (Å²) in [6.45, 7) is 1.36. The van der Waals surface area contributed by atoms with E-state index in [2.05, 4.69) is 15.3 Å². The van der Waals surface area contributed by atoms with E-state index in [1.807, 2.05) is 0 Å². The molecule has 0 radical (unpaired) electrons. The second-order valence-electron chi connectivity index (χ2n) is 3.29. The smallest absolute Gasteiger partial charge is 0.336 e. The van der Waals surface area contributed by atoms with Crippen LogP contribution < -0.4 is 5.32 Å². The van der Waals surface area contributed by atoms with Gasteiger partial charge < -0.3 is 15.4 Å². The molecule has 16 heavy (non-hydrogen) atoms. The Hall–Kier alpha value is -1.66. The fourth-order valence-electron chi connectivity index (χ4n) is 1.29. The molecule has 0 fully saturated rings. The zero-order valence-corrected chi connectivity index (χ0v) is 9.25. The van der Waals surface area contributed by atoms with E-state index >= 15 is 0 Å². The number of nitrogens with one attached hydrogen (secondary N) is 2. The van der Waals surface area contributed by atoms with Crippen LogP contribution in [0.3, 0.4) is 0 Å². The number of nitrogens with zero attached hydrogens (tertiary/aromatic N) is 1. The van der Waals surface area contributed by atoms with Crippen LogP contribution in [0, 0.1) is 0 Å². The molecule has 6 heteroatoms. The van der Waals surface area contributed by atoms with E-state index in [4.69, 9.17) is 5.11 Å². The number of aromatic nitrogens is 2. The van der Waals surface area contributed by atoms with Crippen molar-refractivity contribution in [1.29, 1.82) is 0 Å². The van der Waals surface area contributed by atoms with E-state index < -0.39 is 5.97 Å². The van der Waals surface area contributed by atoms with Gasteiger partial charge in [-0.3, -0.25) is 0 Å². The number of carboxylic acids is 1. The van der Waals surface area contributed by atoms with Crippen LogP contribution in [0.25, 0.3) is 0 Å². The first-order valence-electron chi connectivity index (χ1n) is 4.74. The maximum atomic E-state index is 10.6. The largest absolute Gasteiger partial charge is 0.478 e. The number of imidazole rings is 1. The fourth-order valence-corrected chi connectivity index (χ4v) is 2.11. The predicted octanol–water partition coefficient (Wildman–Crippen LogP) is 1.46. The summed E-state index contributed by atoms with van der Waals surface area (Å²) in [7, 11) is 0. The Balaban J connectivity index is 1.83. The summed E-state index contributed by atoms with van der Waals surface area (Å²) in [6, 6.07) is 1.69. The Labute approximate surface area is 96.2 Å². The van der Waals surface area contributed by atoms with Crippen LogP contribution in [-0.4, -0.2) is 21.0 Å². The highest BCUT2D eigenvalue weighted by Crippen LogP contribution is 2.14. The van der Waals surface area contributed by atoms with Crippen molar-refractivity contribution < 1.29 is 9.90 Å². The molecule has 0 aliphatic heterocycles. The van der Waals surface area contributed by atoms with Gasteiger partial charge in [0.1, 0.15) is 0 Å². The predicted molar refractivity (Wildman–Crippen MR) is 60.4 cm³/mol. The molecule has 3 N–H and O–H groups in total. The first kappa shape index (κ1) is 10.8. The number of carboxylic acid groups (broad SMARTS) is 1. The second kappa shape index (κ2) is 4.91. The molecular weight excluding hydrogens is 226 g/mol. The van der Waals surface area contributed by atoms with Gasteiger partial charge in [-0.25, -0.2) is 9.78 Å². The Morgan fingerprint density at radius 3 is 3.06 bits per heavy atom. The van der Waals surface area contributed by atoms with Crippen LogP contribution >= 0.6 is 11.3 Å². The lowest BCUT2D eigenvalue weighted by atomic mass is 10.3. The second-order valence-corrected chi connectivity index (χ2v) is 4.28. The van der Waals surface area contributed by atoms with Gasteiger partial charge in [-0.05, 0) is 6.07 Å². The number of aromatic carboxylic acids is 1. The lowest BCUT2D eigenvalue weighted by Crippen LogP contribution is -2.11. The van der Waals surface area contributed by atoms with Gasteiger partial charge in [0.25, 0.3) is 0 Å². The number of hydrogen-bond acceptors (Lipinski definition) is 4. The van der Waals surface area contributed by atoms with Crippen LogP contribution in [0.1, 0.15) is 20.9 Å². The molecule has 84 valence electrons. The van der Waals surface area contributed by atoms with Gasteiger partial charge in [-0.1, -0.05) is 0 Å². The van der Waals surface area contributed by atoms with Gasteiger partial charge in [0.2, 0.25) is 0 Å². The van der Waals surface area contributed by atoms with E-state index in [1.165, 1.54) is 11.3 Å². The van der Waals surface area contributed by atoms with Crippen molar-refractivity contribution in [3.05, 3.63) is 40.1 Å². The third kappa shape index (κ3) is 2.68. The fraction of sp³-hybridized carbons (Fsp3) is 0.200. The molecule has 0 saturated heterocycles. The van der Waals surface area contributed by atoms with E-state index in [1.54, 1.807) is 24.0 Å². The maximum Gasteiger partial charge on any atom is 0.336 e. The molecule has 0 bridgehead atoms. The monoisotopic (exact) mass is 237 g/mol. The summed E-state index contributed by atoms with van der Waals surface area (Å²) in [6.07, 6.45) is 3.38. The molecule has 0 aromatic carbocycles. The average molecular weight is 237 g/mol. The number of H-pyrrole nitrogens is 1. The molecule has 5 nitrogen and oxygen atoms in total. The minimum atomic E-state index is -0.879. The van der Waals surface area contributed by atoms with Gasteiger partial charge in [-0.15, -0.1) is 11.3 Å². The minimum absolute atomic E-state index is 0.350. The number of aromatic amines is 1. The first-order valence-corrected chi connectivity index (χ1v) is 5.62. The zero-order chi connectivity index (χ0) is 11.4. The van der Waals surface area contributed by atoms with E-state index in [0.717, 1.165) is 10.6 Å². The molecule has 0 aliphatic carbocycles. The SMILES string of the molecule is O=C(O)c1csc(CNCc2cnc[nH]2)c1. The topological polar surface area (TPSA) is 78.0 Å². The van der Waals surface area contributed by atoms with Crippen LogP contribution in [0.2, 0.25) is 0 Å². The molecule has 2 aromatic rings. The summed E-state index contributed by atoms with van der Waals surface area (Å²) < 4.78 is 0. The third-order valence-electron chi connectivity index (χ3n) is 2.07. The molecule has 2 heterocycles. The molecule has 0 saturated carbocycles. The van der Waals surface area contributed by atoms with Crippen LogP contribution in [0.5, 0.6) is 0 Å². The lowest BCUT2D eigenvalue weighted by Gasteiger charge is -1.99. The van der Waals surface area contributed by atoms with Crippen molar-refractivity contribution >= 4 is 17.3 Å². The summed E-state index contributed by atoms with van der Waals surface area (Å²) in [4.78, 5) is 18.5. The highest BCUT2D eigenvalue weighted by atomic mass is 32.1. The summed E-state index contributed by atoms with van der Waals surface area (Å²) in [5.74, 6) is -0.879. The van der Waals surface area contributed by atoms with Crippen molar-refractivity contribution in [2.24, 2.45) is 0 Å². The average Bonchev–Trinajstić information content (AvgIpc) is 2.87. The van der Waals surface area contributed by atoms with Gasteiger partial charge >= 0.3 is 5.97 Å². The maximum absolute atomic E-state index is 10.6. The molecule has 0 atom stereocenters. The molecular formula is C10H11N3O2S. The van der Waals surface area contributed by atoms with Gasteiger partial charge in [0.05, 0.1) is 11.9 Å². The summed E-state index contributed by atoms with van der Waals surface area (Å²) >= 11 is 1.45. The van der Waals surface area contributed by atoms with Crippen LogP contribution in [-0.2, 0) is 13.1 Å². The molecule has 0 amide bonds. The van der Waals surface area contributed by atoms with E-state index in [0.29, 0.717) is 18.7 Å². The number of thiophene rings is 1. The third-order valence-corrected chi connectivity index (χ3v) is 3.01. The normalized spacial score (nSPS) is 10.5. The van der Waals surface area contributed by atoms with Crippen molar-refractivity contribution in [3.63, 3.8) is 0 Å². The molecule has 0 unspecified atom stereocenters. The highest BCUT2D eigenvalue weighted by Gasteiger charge is 2.05. The Kier molecular flexibility index (Phi) is 3.33. The first-order chi connectivity index (χ1) is 7.75. The van der Waals surface area contributed by atoms with Gasteiger partial charge in [-0.2, -0.15) is 0 Å². The van der Waals surface area contributed by atoms with Crippen LogP contribution in [0.15, 0.2) is 24.0 Å². The number of carbonyl (C=O) groups is 1. The van der Waals surface area contributed by atoms with Crippen molar-refractivity contribution in [2.75, 3.05) is 0 Å². The Morgan fingerprint density at radius 2 is 2.44 bits per heavy atom. The molecule has 2 aromatic heterocycles. The minimum Gasteiger partial charge on any atom is -0.478 e. The quantitative estimate of drug-likeness (QED) is 0.735. The van der Waals surface area contributed by atoms with Gasteiger partial charge in [0, 0.05) is 35.2 Å². The van der Waals surface area contributed by atoms with Crippen molar-refractivity contribution in [2.45, 2.75) is 13.1 Å². The van der Waals surface area contributed by atoms with Gasteiger partial charge in [0.15, 0.2) is 0 Å². The van der Waals surface area contributed by atoms with E-state index in [9.17, 15) is 4.79 Å². The Morgan fingerprint density at radius 1 is 1.56 bits per heavy atom. The lowest BCUT2D eigenvalue weighted by molar-refractivity contribution is 0.0697. The molecule has 0 aliphatic rings. The van der Waals surface area contributed by atoms with Crippen LogP contribution in [0.4, 0.5) is 0 Å². The number of hydrogen-bond donors (Lipinski definition) is 3. The molecule has 0 spiro atoms. The van der Waals surface area contributed by atoms with Crippen molar-refractivity contribution in [3.8, 4) is 0 Å². The Bertz CT molecular complexity index is 464. The van der Waals surface area contributed by atoms with Crippen molar-refractivity contribution in [1.82, 2.24) is 15.3 Å².